The highest BCUT2D eigenvalue weighted by Gasteiger charge is 2.29. The number of halogens is 2. The van der Waals surface area contributed by atoms with Crippen LogP contribution in [0, 0.1) is 5.82 Å². The number of hydrogen-bond donors (Lipinski definition) is 1. The highest BCUT2D eigenvalue weighted by molar-refractivity contribution is 6.30. The Kier molecular flexibility index (Phi) is 5.38. The molecule has 1 atom stereocenters. The molecule has 3 rings (SSSR count). The third kappa shape index (κ3) is 4.15. The molecule has 2 aliphatic rings. The van der Waals surface area contributed by atoms with E-state index in [0.717, 1.165) is 45.4 Å². The van der Waals surface area contributed by atoms with Crippen molar-refractivity contribution >= 4 is 23.3 Å². The van der Waals surface area contributed by atoms with Gasteiger partial charge in [0.05, 0.1) is 5.69 Å². The van der Waals surface area contributed by atoms with Crippen LogP contribution in [0.3, 0.4) is 0 Å². The van der Waals surface area contributed by atoms with Gasteiger partial charge >= 0.3 is 6.03 Å². The molecule has 0 aliphatic carbocycles. The van der Waals surface area contributed by atoms with Gasteiger partial charge in [0.15, 0.2) is 0 Å². The predicted molar refractivity (Wildman–Crippen MR) is 90.4 cm³/mol. The zero-order valence-electron chi connectivity index (χ0n) is 13.2. The van der Waals surface area contributed by atoms with E-state index in [1.54, 1.807) is 6.07 Å². The van der Waals surface area contributed by atoms with Crippen LogP contribution >= 0.6 is 11.6 Å². The second-order valence-corrected chi connectivity index (χ2v) is 6.84. The molecule has 1 N–H and O–H groups in total. The quantitative estimate of drug-likeness (QED) is 0.904. The Morgan fingerprint density at radius 2 is 1.96 bits per heavy atom. The second-order valence-electron chi connectivity index (χ2n) is 6.41. The Morgan fingerprint density at radius 1 is 1.22 bits per heavy atom. The van der Waals surface area contributed by atoms with Crippen LogP contribution in [0.1, 0.15) is 32.1 Å². The summed E-state index contributed by atoms with van der Waals surface area (Å²) >= 11 is 5.75. The molecule has 2 heterocycles. The van der Waals surface area contributed by atoms with Crippen molar-refractivity contribution in [2.24, 2.45) is 0 Å². The predicted octanol–water partition coefficient (Wildman–Crippen LogP) is 3.96. The molecule has 1 aromatic rings. The van der Waals surface area contributed by atoms with Crippen molar-refractivity contribution in [1.29, 1.82) is 0 Å². The van der Waals surface area contributed by atoms with Gasteiger partial charge in [-0.05, 0) is 63.4 Å². The van der Waals surface area contributed by atoms with Gasteiger partial charge in [0, 0.05) is 24.2 Å². The van der Waals surface area contributed by atoms with E-state index in [-0.39, 0.29) is 17.8 Å². The molecule has 23 heavy (non-hydrogen) atoms. The number of benzene rings is 1. The minimum atomic E-state index is -0.501. The molecule has 0 bridgehead atoms. The van der Waals surface area contributed by atoms with Crippen LogP contribution in [0.4, 0.5) is 14.9 Å². The van der Waals surface area contributed by atoms with Gasteiger partial charge in [0.1, 0.15) is 5.82 Å². The molecule has 2 fully saturated rings. The molecule has 0 aromatic heterocycles. The van der Waals surface area contributed by atoms with Crippen molar-refractivity contribution in [3.8, 4) is 0 Å². The fraction of sp³-hybridized carbons (Fsp3) is 0.588. The highest BCUT2D eigenvalue weighted by Crippen LogP contribution is 2.23. The number of nitrogens with zero attached hydrogens (tertiary/aromatic N) is 2. The Morgan fingerprint density at radius 3 is 2.70 bits per heavy atom. The van der Waals surface area contributed by atoms with E-state index in [9.17, 15) is 9.18 Å². The second kappa shape index (κ2) is 7.49. The van der Waals surface area contributed by atoms with E-state index in [4.69, 9.17) is 11.6 Å². The fourth-order valence-corrected chi connectivity index (χ4v) is 3.66. The average molecular weight is 340 g/mol. The lowest BCUT2D eigenvalue weighted by Crippen LogP contribution is -2.50. The number of rotatable bonds is 3. The molecule has 0 spiro atoms. The Hall–Kier alpha value is -1.33. The zero-order valence-corrected chi connectivity index (χ0v) is 14.0. The zero-order chi connectivity index (χ0) is 16.2. The first kappa shape index (κ1) is 16.5. The summed E-state index contributed by atoms with van der Waals surface area (Å²) in [5, 5.41) is 3.02. The van der Waals surface area contributed by atoms with Crippen molar-refractivity contribution in [2.75, 3.05) is 31.5 Å². The maximum atomic E-state index is 13.9. The molecular formula is C17H23ClFN3O. The number of anilines is 1. The van der Waals surface area contributed by atoms with Gasteiger partial charge < -0.3 is 15.1 Å². The summed E-state index contributed by atoms with van der Waals surface area (Å²) in [5.74, 6) is -0.501. The molecule has 1 aromatic carbocycles. The lowest BCUT2D eigenvalue weighted by molar-refractivity contribution is 0.136. The SMILES string of the molecule is O=C(Nc1ccc(Cl)cc1F)N1CCCC[C@@H]1CN1CCCC1. The van der Waals surface area contributed by atoms with Gasteiger partial charge in [-0.1, -0.05) is 11.6 Å². The first-order chi connectivity index (χ1) is 11.1. The summed E-state index contributed by atoms with van der Waals surface area (Å²) in [6, 6.07) is 4.31. The number of nitrogens with one attached hydrogen (secondary N) is 1. The number of urea groups is 1. The van der Waals surface area contributed by atoms with Crippen molar-refractivity contribution in [3.05, 3.63) is 29.0 Å². The normalized spacial score (nSPS) is 22.3. The number of hydrogen-bond acceptors (Lipinski definition) is 2. The summed E-state index contributed by atoms with van der Waals surface area (Å²) in [6.07, 6.45) is 5.67. The molecule has 2 amide bonds. The molecule has 0 unspecified atom stereocenters. The van der Waals surface area contributed by atoms with Crippen LogP contribution in [0.25, 0.3) is 0 Å². The summed E-state index contributed by atoms with van der Waals surface area (Å²) in [5.41, 5.74) is 0.185. The summed E-state index contributed by atoms with van der Waals surface area (Å²) in [6.45, 7) is 3.91. The van der Waals surface area contributed by atoms with Crippen LogP contribution < -0.4 is 5.32 Å². The summed E-state index contributed by atoms with van der Waals surface area (Å²) in [4.78, 5) is 16.9. The van der Waals surface area contributed by atoms with Gasteiger partial charge in [0.25, 0.3) is 0 Å². The highest BCUT2D eigenvalue weighted by atomic mass is 35.5. The van der Waals surface area contributed by atoms with Gasteiger partial charge in [-0.3, -0.25) is 0 Å². The maximum Gasteiger partial charge on any atom is 0.322 e. The van der Waals surface area contributed by atoms with E-state index in [0.29, 0.717) is 5.02 Å². The Bertz CT molecular complexity index is 563. The molecule has 2 aliphatic heterocycles. The van der Waals surface area contributed by atoms with Crippen molar-refractivity contribution in [2.45, 2.75) is 38.1 Å². The monoisotopic (exact) mass is 339 g/mol. The third-order valence-corrected chi connectivity index (χ3v) is 4.96. The van der Waals surface area contributed by atoms with Gasteiger partial charge in [-0.25, -0.2) is 9.18 Å². The Balaban J connectivity index is 1.65. The molecule has 0 saturated carbocycles. The Labute approximate surface area is 141 Å². The molecule has 4 nitrogen and oxygen atoms in total. The van der Waals surface area contributed by atoms with Crippen LogP contribution in [0.5, 0.6) is 0 Å². The van der Waals surface area contributed by atoms with Crippen LogP contribution in [-0.4, -0.2) is 48.1 Å². The first-order valence-corrected chi connectivity index (χ1v) is 8.76. The minimum Gasteiger partial charge on any atom is -0.320 e. The van der Waals surface area contributed by atoms with Crippen LogP contribution in [0.2, 0.25) is 5.02 Å². The molecule has 126 valence electrons. The smallest absolute Gasteiger partial charge is 0.320 e. The van der Waals surface area contributed by atoms with E-state index in [2.05, 4.69) is 10.2 Å². The van der Waals surface area contributed by atoms with Crippen molar-refractivity contribution in [1.82, 2.24) is 9.80 Å². The maximum absolute atomic E-state index is 13.9. The lowest BCUT2D eigenvalue weighted by atomic mass is 10.0. The fourth-order valence-electron chi connectivity index (χ4n) is 3.50. The number of piperidine rings is 1. The first-order valence-electron chi connectivity index (χ1n) is 8.38. The lowest BCUT2D eigenvalue weighted by Gasteiger charge is -2.37. The molecule has 6 heteroatoms. The number of carbonyl (C=O) groups is 1. The summed E-state index contributed by atoms with van der Waals surface area (Å²) < 4.78 is 13.9. The number of likely N-dealkylation sites (tertiary alicyclic amines) is 2. The molecule has 2 saturated heterocycles. The number of carbonyl (C=O) groups excluding carboxylic acids is 1. The van der Waals surface area contributed by atoms with E-state index in [1.807, 2.05) is 4.90 Å². The number of amides is 2. The van der Waals surface area contributed by atoms with Gasteiger partial charge in [-0.15, -0.1) is 0 Å². The standard InChI is InChI=1S/C17H23ClFN3O/c18-13-6-7-16(15(19)11-13)20-17(23)22-10-2-1-5-14(22)12-21-8-3-4-9-21/h6-7,11,14H,1-5,8-10,12H2,(H,20,23)/t14-/m1/s1. The van der Waals surface area contributed by atoms with Crippen molar-refractivity contribution in [3.63, 3.8) is 0 Å². The summed E-state index contributed by atoms with van der Waals surface area (Å²) in [7, 11) is 0. The van der Waals surface area contributed by atoms with Crippen molar-refractivity contribution < 1.29 is 9.18 Å². The minimum absolute atomic E-state index is 0.185. The largest absolute Gasteiger partial charge is 0.322 e. The topological polar surface area (TPSA) is 35.6 Å². The van der Waals surface area contributed by atoms with E-state index in [1.165, 1.54) is 25.0 Å². The third-order valence-electron chi connectivity index (χ3n) is 4.73. The van der Waals surface area contributed by atoms with E-state index >= 15 is 0 Å². The van der Waals surface area contributed by atoms with Crippen LogP contribution in [0.15, 0.2) is 18.2 Å². The molecular weight excluding hydrogens is 317 g/mol. The van der Waals surface area contributed by atoms with E-state index < -0.39 is 5.82 Å². The molecule has 0 radical (unpaired) electrons. The van der Waals surface area contributed by atoms with Gasteiger partial charge in [0.2, 0.25) is 0 Å². The van der Waals surface area contributed by atoms with Gasteiger partial charge in [-0.2, -0.15) is 0 Å². The van der Waals surface area contributed by atoms with Crippen LogP contribution in [-0.2, 0) is 0 Å². The average Bonchev–Trinajstić information content (AvgIpc) is 3.03.